The second kappa shape index (κ2) is 6.57. The highest BCUT2D eigenvalue weighted by Gasteiger charge is 2.01. The number of rotatable bonds is 6. The molecule has 0 spiro atoms. The summed E-state index contributed by atoms with van der Waals surface area (Å²) in [5, 5.41) is 6.76. The number of nitrogens with one attached hydrogen (secondary N) is 2. The van der Waals surface area contributed by atoms with Crippen molar-refractivity contribution in [2.45, 2.75) is 19.9 Å². The zero-order chi connectivity index (χ0) is 10.2. The lowest BCUT2D eigenvalue weighted by Crippen LogP contribution is -2.28. The summed E-state index contributed by atoms with van der Waals surface area (Å²) in [6, 6.07) is 11.0. The minimum absolute atomic E-state index is 0.440. The fraction of sp³-hybridized carbons (Fsp3) is 0.500. The predicted molar refractivity (Wildman–Crippen MR) is 61.4 cm³/mol. The van der Waals surface area contributed by atoms with E-state index < -0.39 is 0 Å². The molecule has 14 heavy (non-hydrogen) atoms. The van der Waals surface area contributed by atoms with E-state index >= 15 is 0 Å². The Hall–Kier alpha value is -0.860. The van der Waals surface area contributed by atoms with Gasteiger partial charge in [-0.05, 0) is 19.0 Å². The van der Waals surface area contributed by atoms with Crippen molar-refractivity contribution in [2.24, 2.45) is 0 Å². The van der Waals surface area contributed by atoms with Crippen LogP contribution in [0.1, 0.15) is 25.5 Å². The van der Waals surface area contributed by atoms with Crippen LogP contribution in [0.3, 0.4) is 0 Å². The van der Waals surface area contributed by atoms with Gasteiger partial charge in [-0.25, -0.2) is 0 Å². The van der Waals surface area contributed by atoms with Crippen LogP contribution < -0.4 is 10.6 Å². The van der Waals surface area contributed by atoms with Crippen LogP contribution in [-0.4, -0.2) is 19.6 Å². The fourth-order valence-corrected chi connectivity index (χ4v) is 1.41. The van der Waals surface area contributed by atoms with Crippen molar-refractivity contribution in [3.63, 3.8) is 0 Å². The zero-order valence-electron chi connectivity index (χ0n) is 9.09. The first-order valence-electron chi connectivity index (χ1n) is 5.33. The lowest BCUT2D eigenvalue weighted by atomic mass is 10.1. The normalized spacial score (nSPS) is 12.7. The van der Waals surface area contributed by atoms with E-state index in [2.05, 4.69) is 54.8 Å². The maximum absolute atomic E-state index is 3.47. The third-order valence-electron chi connectivity index (χ3n) is 2.30. The molecule has 1 atom stereocenters. The first kappa shape index (κ1) is 11.2. The smallest absolute Gasteiger partial charge is 0.0292 e. The molecule has 1 rings (SSSR count). The number of likely N-dealkylation sites (N-methyl/N-ethyl adjacent to an activating group) is 1. The third kappa shape index (κ3) is 3.90. The van der Waals surface area contributed by atoms with Crippen molar-refractivity contribution in [1.82, 2.24) is 10.6 Å². The van der Waals surface area contributed by atoms with E-state index in [-0.39, 0.29) is 0 Å². The molecule has 2 nitrogen and oxygen atoms in total. The molecule has 0 heterocycles. The van der Waals surface area contributed by atoms with Crippen molar-refractivity contribution >= 4 is 0 Å². The van der Waals surface area contributed by atoms with E-state index in [1.807, 2.05) is 0 Å². The lowest BCUT2D eigenvalue weighted by Gasteiger charge is -2.13. The van der Waals surface area contributed by atoms with Gasteiger partial charge in [-0.2, -0.15) is 0 Å². The van der Waals surface area contributed by atoms with E-state index in [4.69, 9.17) is 0 Å². The molecule has 0 aliphatic carbocycles. The van der Waals surface area contributed by atoms with Crippen molar-refractivity contribution in [3.05, 3.63) is 35.9 Å². The summed E-state index contributed by atoms with van der Waals surface area (Å²) in [5.41, 5.74) is 1.35. The van der Waals surface area contributed by atoms with Gasteiger partial charge >= 0.3 is 0 Å². The second-order valence-corrected chi connectivity index (χ2v) is 3.44. The molecule has 0 radical (unpaired) electrons. The Labute approximate surface area is 86.7 Å². The van der Waals surface area contributed by atoms with Crippen LogP contribution >= 0.6 is 0 Å². The van der Waals surface area contributed by atoms with Crippen LogP contribution in [0.5, 0.6) is 0 Å². The Morgan fingerprint density at radius 1 is 1.14 bits per heavy atom. The molecule has 0 amide bonds. The molecule has 0 aromatic heterocycles. The van der Waals surface area contributed by atoms with Crippen molar-refractivity contribution in [2.75, 3.05) is 19.6 Å². The molecule has 1 aromatic carbocycles. The Morgan fingerprint density at radius 2 is 1.86 bits per heavy atom. The molecule has 0 saturated heterocycles. The molecule has 2 heteroatoms. The Morgan fingerprint density at radius 3 is 2.50 bits per heavy atom. The van der Waals surface area contributed by atoms with E-state index in [1.54, 1.807) is 0 Å². The van der Waals surface area contributed by atoms with Crippen LogP contribution in [0.25, 0.3) is 0 Å². The van der Waals surface area contributed by atoms with Gasteiger partial charge in [-0.15, -0.1) is 0 Å². The second-order valence-electron chi connectivity index (χ2n) is 3.44. The van der Waals surface area contributed by atoms with Gasteiger partial charge in [0.2, 0.25) is 0 Å². The third-order valence-corrected chi connectivity index (χ3v) is 2.30. The van der Waals surface area contributed by atoms with Crippen LogP contribution in [0.15, 0.2) is 30.3 Å². The summed E-state index contributed by atoms with van der Waals surface area (Å²) in [4.78, 5) is 0. The van der Waals surface area contributed by atoms with Crippen molar-refractivity contribution in [3.8, 4) is 0 Å². The van der Waals surface area contributed by atoms with Gasteiger partial charge in [-0.3, -0.25) is 0 Å². The molecule has 1 aromatic rings. The molecule has 0 saturated carbocycles. The number of benzene rings is 1. The van der Waals surface area contributed by atoms with Crippen molar-refractivity contribution in [1.29, 1.82) is 0 Å². The highest BCUT2D eigenvalue weighted by Crippen LogP contribution is 2.09. The highest BCUT2D eigenvalue weighted by atomic mass is 15.0. The zero-order valence-corrected chi connectivity index (χ0v) is 9.09. The summed E-state index contributed by atoms with van der Waals surface area (Å²) in [6.45, 7) is 7.42. The number of hydrogen-bond donors (Lipinski definition) is 2. The molecule has 0 unspecified atom stereocenters. The molecular formula is C12H20N2. The molecule has 0 fully saturated rings. The summed E-state index contributed by atoms with van der Waals surface area (Å²) < 4.78 is 0. The number of hydrogen-bond acceptors (Lipinski definition) is 2. The first-order chi connectivity index (χ1) is 6.84. The van der Waals surface area contributed by atoms with Gasteiger partial charge in [0.15, 0.2) is 0 Å². The van der Waals surface area contributed by atoms with Crippen LogP contribution in [0.2, 0.25) is 0 Å². The van der Waals surface area contributed by atoms with E-state index in [0.29, 0.717) is 6.04 Å². The van der Waals surface area contributed by atoms with Gasteiger partial charge in [-0.1, -0.05) is 37.3 Å². The topological polar surface area (TPSA) is 24.1 Å². The predicted octanol–water partition coefficient (Wildman–Crippen LogP) is 1.95. The van der Waals surface area contributed by atoms with Gasteiger partial charge in [0.25, 0.3) is 0 Å². The molecule has 0 aliphatic heterocycles. The highest BCUT2D eigenvalue weighted by molar-refractivity contribution is 5.17. The Kier molecular flexibility index (Phi) is 5.27. The standard InChI is InChI=1S/C12H20N2/c1-3-13-9-10-14-11(2)12-7-5-4-6-8-12/h4-8,11,13-14H,3,9-10H2,1-2H3/t11-/m0/s1. The van der Waals surface area contributed by atoms with Gasteiger partial charge in [0.05, 0.1) is 0 Å². The minimum atomic E-state index is 0.440. The maximum atomic E-state index is 3.47. The lowest BCUT2D eigenvalue weighted by molar-refractivity contribution is 0.552. The summed E-state index contributed by atoms with van der Waals surface area (Å²) in [5.74, 6) is 0. The average Bonchev–Trinajstić information content (AvgIpc) is 2.25. The fourth-order valence-electron chi connectivity index (χ4n) is 1.41. The van der Waals surface area contributed by atoms with Crippen LogP contribution in [0.4, 0.5) is 0 Å². The van der Waals surface area contributed by atoms with E-state index in [1.165, 1.54) is 5.56 Å². The Balaban J connectivity index is 2.25. The molecule has 0 bridgehead atoms. The molecule has 0 aliphatic rings. The van der Waals surface area contributed by atoms with Crippen LogP contribution in [0, 0.1) is 0 Å². The minimum Gasteiger partial charge on any atom is -0.316 e. The van der Waals surface area contributed by atoms with Crippen molar-refractivity contribution < 1.29 is 0 Å². The van der Waals surface area contributed by atoms with Gasteiger partial charge in [0.1, 0.15) is 0 Å². The molecule has 78 valence electrons. The average molecular weight is 192 g/mol. The largest absolute Gasteiger partial charge is 0.316 e. The Bertz CT molecular complexity index is 233. The van der Waals surface area contributed by atoms with Crippen LogP contribution in [-0.2, 0) is 0 Å². The summed E-state index contributed by atoms with van der Waals surface area (Å²) >= 11 is 0. The molecule has 2 N–H and O–H groups in total. The van der Waals surface area contributed by atoms with E-state index in [0.717, 1.165) is 19.6 Å². The maximum Gasteiger partial charge on any atom is 0.0292 e. The summed E-state index contributed by atoms with van der Waals surface area (Å²) in [7, 11) is 0. The van der Waals surface area contributed by atoms with E-state index in [9.17, 15) is 0 Å². The quantitative estimate of drug-likeness (QED) is 0.673. The van der Waals surface area contributed by atoms with Gasteiger partial charge in [0, 0.05) is 19.1 Å². The van der Waals surface area contributed by atoms with Gasteiger partial charge < -0.3 is 10.6 Å². The summed E-state index contributed by atoms with van der Waals surface area (Å²) in [6.07, 6.45) is 0. The monoisotopic (exact) mass is 192 g/mol. The SMILES string of the molecule is CCNCCN[C@@H](C)c1ccccc1. The molecular weight excluding hydrogens is 172 g/mol. The first-order valence-corrected chi connectivity index (χ1v) is 5.33.